The van der Waals surface area contributed by atoms with Crippen molar-refractivity contribution in [3.63, 3.8) is 0 Å². The number of nitrogens with zero attached hydrogens (tertiary/aromatic N) is 2. The second kappa shape index (κ2) is 5.92. The first-order valence-corrected chi connectivity index (χ1v) is 8.05. The molecule has 1 fully saturated rings. The lowest BCUT2D eigenvalue weighted by atomic mass is 9.91. The van der Waals surface area contributed by atoms with Gasteiger partial charge >= 0.3 is 0 Å². The van der Waals surface area contributed by atoms with Crippen molar-refractivity contribution in [2.45, 2.75) is 32.7 Å². The van der Waals surface area contributed by atoms with Gasteiger partial charge in [-0.25, -0.2) is 9.37 Å². The molecule has 2 aromatic rings. The van der Waals surface area contributed by atoms with E-state index in [2.05, 4.69) is 15.6 Å². The molecule has 2 aromatic heterocycles. The van der Waals surface area contributed by atoms with Crippen molar-refractivity contribution in [3.8, 4) is 0 Å². The van der Waals surface area contributed by atoms with Crippen molar-refractivity contribution < 1.29 is 9.18 Å². The highest BCUT2D eigenvalue weighted by atomic mass is 19.1. The minimum Gasteiger partial charge on any atom is -0.344 e. The molecule has 3 heterocycles. The number of halogens is 1. The van der Waals surface area contributed by atoms with Crippen molar-refractivity contribution in [1.29, 1.82) is 0 Å². The Morgan fingerprint density at radius 2 is 2.35 bits per heavy atom. The van der Waals surface area contributed by atoms with Gasteiger partial charge in [0.2, 0.25) is 5.91 Å². The highest BCUT2D eigenvalue weighted by Gasteiger charge is 2.33. The van der Waals surface area contributed by atoms with Gasteiger partial charge in [0.05, 0.1) is 11.7 Å². The van der Waals surface area contributed by atoms with Crippen LogP contribution in [0.5, 0.6) is 0 Å². The van der Waals surface area contributed by atoms with Crippen LogP contribution in [-0.4, -0.2) is 28.4 Å². The summed E-state index contributed by atoms with van der Waals surface area (Å²) >= 11 is 0. The fourth-order valence-electron chi connectivity index (χ4n) is 3.25. The molecule has 0 aliphatic carbocycles. The number of hydrogen-bond donors (Lipinski definition) is 2. The summed E-state index contributed by atoms with van der Waals surface area (Å²) in [6.07, 6.45) is 4.29. The van der Waals surface area contributed by atoms with Crippen molar-refractivity contribution in [3.05, 3.63) is 36.2 Å². The van der Waals surface area contributed by atoms with Crippen LogP contribution in [0.3, 0.4) is 0 Å². The highest BCUT2D eigenvalue weighted by Crippen LogP contribution is 2.24. The van der Waals surface area contributed by atoms with E-state index in [9.17, 15) is 9.18 Å². The molecule has 23 heavy (non-hydrogen) atoms. The van der Waals surface area contributed by atoms with Crippen LogP contribution in [0.1, 0.15) is 33.0 Å². The third kappa shape index (κ3) is 2.95. The first kappa shape index (κ1) is 15.9. The predicted octanol–water partition coefficient (Wildman–Crippen LogP) is 2.07. The minimum absolute atomic E-state index is 0.0110. The van der Waals surface area contributed by atoms with Gasteiger partial charge in [0, 0.05) is 12.1 Å². The molecule has 6 heteroatoms. The number of hydrogen-bond acceptors (Lipinski definition) is 3. The molecule has 1 aliphatic rings. The van der Waals surface area contributed by atoms with E-state index in [1.165, 1.54) is 12.3 Å². The first-order valence-electron chi connectivity index (χ1n) is 8.05. The summed E-state index contributed by atoms with van der Waals surface area (Å²) in [6.45, 7) is 7.60. The molecule has 0 saturated carbocycles. The number of pyridine rings is 1. The topological polar surface area (TPSA) is 58.4 Å². The molecule has 1 saturated heterocycles. The minimum atomic E-state index is -0.683. The summed E-state index contributed by atoms with van der Waals surface area (Å²) in [7, 11) is 0. The second-order valence-corrected chi connectivity index (χ2v) is 6.85. The van der Waals surface area contributed by atoms with Crippen LogP contribution in [0, 0.1) is 17.7 Å². The average molecular weight is 318 g/mol. The molecule has 1 aliphatic heterocycles. The van der Waals surface area contributed by atoms with Gasteiger partial charge in [0.1, 0.15) is 17.2 Å². The van der Waals surface area contributed by atoms with E-state index in [0.717, 1.165) is 19.5 Å². The van der Waals surface area contributed by atoms with Crippen molar-refractivity contribution in [1.82, 2.24) is 20.0 Å². The molecule has 5 nitrogen and oxygen atoms in total. The molecule has 124 valence electrons. The zero-order valence-corrected chi connectivity index (χ0v) is 13.8. The van der Waals surface area contributed by atoms with E-state index in [-0.39, 0.29) is 17.6 Å². The van der Waals surface area contributed by atoms with E-state index >= 15 is 0 Å². The smallest absolute Gasteiger partial charge is 0.223 e. The Hall–Kier alpha value is -1.95. The number of carbonyl (C=O) groups excluding carboxylic acids is 1. The lowest BCUT2D eigenvalue weighted by molar-refractivity contribution is -0.127. The van der Waals surface area contributed by atoms with Crippen LogP contribution >= 0.6 is 0 Å². The molecule has 0 aromatic carbocycles. The third-order valence-electron chi connectivity index (χ3n) is 4.73. The number of aromatic nitrogens is 2. The van der Waals surface area contributed by atoms with E-state index < -0.39 is 5.54 Å². The first-order chi connectivity index (χ1) is 10.9. The molecule has 0 radical (unpaired) electrons. The van der Waals surface area contributed by atoms with Crippen molar-refractivity contribution >= 4 is 11.4 Å². The maximum atomic E-state index is 13.8. The Balaban J connectivity index is 1.82. The second-order valence-electron chi connectivity index (χ2n) is 6.85. The predicted molar refractivity (Wildman–Crippen MR) is 86.5 cm³/mol. The lowest BCUT2D eigenvalue weighted by Gasteiger charge is -2.28. The summed E-state index contributed by atoms with van der Waals surface area (Å²) in [5, 5.41) is 6.37. The molecule has 2 N–H and O–H groups in total. The van der Waals surface area contributed by atoms with Crippen LogP contribution in [0.15, 0.2) is 24.5 Å². The van der Waals surface area contributed by atoms with E-state index in [1.807, 2.05) is 20.8 Å². The van der Waals surface area contributed by atoms with Crippen LogP contribution in [0.25, 0.3) is 5.52 Å². The Bertz CT molecular complexity index is 718. The number of rotatable bonds is 4. The number of carbonyl (C=O) groups is 1. The summed E-state index contributed by atoms with van der Waals surface area (Å²) < 4.78 is 15.5. The fourth-order valence-corrected chi connectivity index (χ4v) is 3.25. The van der Waals surface area contributed by atoms with Gasteiger partial charge in [0.25, 0.3) is 0 Å². The number of imidazole rings is 1. The maximum Gasteiger partial charge on any atom is 0.223 e. The molecule has 2 atom stereocenters. The normalized spacial score (nSPS) is 19.9. The van der Waals surface area contributed by atoms with Gasteiger partial charge in [-0.05, 0) is 51.4 Å². The molecule has 0 bridgehead atoms. The van der Waals surface area contributed by atoms with Gasteiger partial charge in [0.15, 0.2) is 0 Å². The van der Waals surface area contributed by atoms with E-state index in [0.29, 0.717) is 17.3 Å². The van der Waals surface area contributed by atoms with Gasteiger partial charge in [-0.1, -0.05) is 6.92 Å². The van der Waals surface area contributed by atoms with E-state index in [4.69, 9.17) is 0 Å². The SMILES string of the molecule is C[C@@H](C(=O)NC(C)(C)c1ncc2c(F)cccn12)[C@H]1CCNC1. The monoisotopic (exact) mass is 318 g/mol. The summed E-state index contributed by atoms with van der Waals surface area (Å²) in [6, 6.07) is 3.04. The zero-order chi connectivity index (χ0) is 16.6. The highest BCUT2D eigenvalue weighted by molar-refractivity contribution is 5.79. The third-order valence-corrected chi connectivity index (χ3v) is 4.73. The van der Waals surface area contributed by atoms with Crippen LogP contribution in [0.4, 0.5) is 4.39 Å². The number of fused-ring (bicyclic) bond motifs is 1. The maximum absolute atomic E-state index is 13.8. The molecule has 1 amide bonds. The molecular weight excluding hydrogens is 295 g/mol. The van der Waals surface area contributed by atoms with Crippen molar-refractivity contribution in [2.75, 3.05) is 13.1 Å². The number of amides is 1. The Morgan fingerprint density at radius 1 is 1.57 bits per heavy atom. The summed E-state index contributed by atoms with van der Waals surface area (Å²) in [4.78, 5) is 16.9. The molecular formula is C17H23FN4O. The number of nitrogens with one attached hydrogen (secondary N) is 2. The quantitative estimate of drug-likeness (QED) is 0.907. The van der Waals surface area contributed by atoms with E-state index in [1.54, 1.807) is 16.7 Å². The summed E-state index contributed by atoms with van der Waals surface area (Å²) in [5.74, 6) is 0.611. The Morgan fingerprint density at radius 3 is 3.04 bits per heavy atom. The van der Waals surface area contributed by atoms with Gasteiger partial charge in [-0.2, -0.15) is 0 Å². The van der Waals surface area contributed by atoms with Crippen LogP contribution in [0.2, 0.25) is 0 Å². The fraction of sp³-hybridized carbons (Fsp3) is 0.529. The average Bonchev–Trinajstić information content (AvgIpc) is 3.16. The Labute approximate surface area is 135 Å². The standard InChI is InChI=1S/C17H23FN4O/c1-11(12-6-7-19-9-12)15(23)21-17(2,3)16-20-10-14-13(18)5-4-8-22(14)16/h4-5,8,10-12,19H,6-7,9H2,1-3H3,(H,21,23)/t11-,12+/m1/s1. The molecule has 3 rings (SSSR count). The zero-order valence-electron chi connectivity index (χ0n) is 13.8. The van der Waals surface area contributed by atoms with Gasteiger partial charge in [-0.3, -0.25) is 9.20 Å². The summed E-state index contributed by atoms with van der Waals surface area (Å²) in [5.41, 5.74) is -0.268. The van der Waals surface area contributed by atoms with Crippen LogP contribution < -0.4 is 10.6 Å². The molecule has 0 spiro atoms. The molecule has 0 unspecified atom stereocenters. The van der Waals surface area contributed by atoms with Crippen LogP contribution in [-0.2, 0) is 10.3 Å². The van der Waals surface area contributed by atoms with Crippen molar-refractivity contribution in [2.24, 2.45) is 11.8 Å². The van der Waals surface area contributed by atoms with Gasteiger partial charge in [-0.15, -0.1) is 0 Å². The Kier molecular flexibility index (Phi) is 4.10. The largest absolute Gasteiger partial charge is 0.344 e. The lowest BCUT2D eigenvalue weighted by Crippen LogP contribution is -2.46. The van der Waals surface area contributed by atoms with Gasteiger partial charge < -0.3 is 10.6 Å².